The normalized spacial score (nSPS) is 31.6. The molecule has 0 bridgehead atoms. The molecule has 0 N–H and O–H groups in total. The molecule has 1 aliphatic rings. The molecule has 2 rings (SSSR count). The van der Waals surface area contributed by atoms with Gasteiger partial charge in [0.2, 0.25) is 0 Å². The van der Waals surface area contributed by atoms with Crippen LogP contribution in [0.2, 0.25) is 0 Å². The topological polar surface area (TPSA) is 26.3 Å². The number of benzene rings is 1. The summed E-state index contributed by atoms with van der Waals surface area (Å²) in [6.45, 7) is 7.69. The molecule has 1 heterocycles. The number of rotatable bonds is 2. The van der Waals surface area contributed by atoms with Crippen LogP contribution < -0.4 is 0 Å². The Kier molecular flexibility index (Phi) is 3.53. The summed E-state index contributed by atoms with van der Waals surface area (Å²) in [4.78, 5) is 12.5. The number of aryl methyl sites for hydroxylation is 1. The molecule has 1 aromatic rings. The molecule has 4 unspecified atom stereocenters. The Balaban J connectivity index is 2.34. The lowest BCUT2D eigenvalue weighted by Crippen LogP contribution is -2.27. The second-order valence-electron chi connectivity index (χ2n) is 5.28. The van der Waals surface area contributed by atoms with Gasteiger partial charge in [0.1, 0.15) is 5.82 Å². The summed E-state index contributed by atoms with van der Waals surface area (Å²) in [7, 11) is 0. The molecule has 1 fully saturated rings. The molecule has 0 spiro atoms. The van der Waals surface area contributed by atoms with E-state index < -0.39 is 5.82 Å². The van der Waals surface area contributed by atoms with Crippen molar-refractivity contribution in [1.29, 1.82) is 0 Å². The van der Waals surface area contributed by atoms with Crippen molar-refractivity contribution in [3.63, 3.8) is 0 Å². The first-order valence-corrected chi connectivity index (χ1v) is 6.37. The fraction of sp³-hybridized carbons (Fsp3) is 0.533. The van der Waals surface area contributed by atoms with Crippen molar-refractivity contribution in [2.45, 2.75) is 39.9 Å². The number of hydrogen-bond donors (Lipinski definition) is 0. The molecule has 1 aromatic carbocycles. The van der Waals surface area contributed by atoms with Gasteiger partial charge in [-0.25, -0.2) is 4.39 Å². The van der Waals surface area contributed by atoms with Crippen molar-refractivity contribution in [1.82, 2.24) is 0 Å². The number of ether oxygens (including phenoxy) is 1. The molecule has 98 valence electrons. The number of ketones is 1. The van der Waals surface area contributed by atoms with Crippen LogP contribution in [0.3, 0.4) is 0 Å². The SMILES string of the molecule is Cc1ccc(F)c(C(=O)C2C(C)OC(C)C2C)c1. The minimum atomic E-state index is -0.440. The highest BCUT2D eigenvalue weighted by atomic mass is 19.1. The highest BCUT2D eigenvalue weighted by molar-refractivity contribution is 5.99. The number of carbonyl (C=O) groups excluding carboxylic acids is 1. The number of hydrogen-bond acceptors (Lipinski definition) is 2. The van der Waals surface area contributed by atoms with Crippen LogP contribution in [-0.2, 0) is 4.74 Å². The van der Waals surface area contributed by atoms with Crippen LogP contribution in [0.1, 0.15) is 36.7 Å². The summed E-state index contributed by atoms with van der Waals surface area (Å²) in [5.74, 6) is -0.714. The predicted molar refractivity (Wildman–Crippen MR) is 68.1 cm³/mol. The third-order valence-corrected chi connectivity index (χ3v) is 3.93. The quantitative estimate of drug-likeness (QED) is 0.752. The van der Waals surface area contributed by atoms with Crippen LogP contribution in [0.25, 0.3) is 0 Å². The average molecular weight is 250 g/mol. The molecule has 4 atom stereocenters. The minimum absolute atomic E-state index is 0.0434. The second kappa shape index (κ2) is 4.81. The van der Waals surface area contributed by atoms with E-state index in [0.29, 0.717) is 0 Å². The Morgan fingerprint density at radius 2 is 1.89 bits per heavy atom. The first kappa shape index (κ1) is 13.2. The molecule has 0 saturated carbocycles. The van der Waals surface area contributed by atoms with Gasteiger partial charge in [0, 0.05) is 0 Å². The molecule has 0 aromatic heterocycles. The Bertz CT molecular complexity index is 470. The van der Waals surface area contributed by atoms with Gasteiger partial charge in [-0.15, -0.1) is 0 Å². The summed E-state index contributed by atoms with van der Waals surface area (Å²) in [5, 5.41) is 0. The number of halogens is 1. The van der Waals surface area contributed by atoms with Crippen molar-refractivity contribution in [2.24, 2.45) is 11.8 Å². The molecule has 3 heteroatoms. The van der Waals surface area contributed by atoms with Crippen molar-refractivity contribution in [3.8, 4) is 0 Å². The number of Topliss-reactive ketones (excluding diaryl/α,β-unsaturated/α-hetero) is 1. The van der Waals surface area contributed by atoms with E-state index >= 15 is 0 Å². The van der Waals surface area contributed by atoms with Crippen LogP contribution in [0.4, 0.5) is 4.39 Å². The maximum absolute atomic E-state index is 13.8. The molecule has 0 radical (unpaired) electrons. The Morgan fingerprint density at radius 1 is 1.22 bits per heavy atom. The van der Waals surface area contributed by atoms with E-state index in [1.54, 1.807) is 12.1 Å². The predicted octanol–water partition coefficient (Wildman–Crippen LogP) is 3.38. The van der Waals surface area contributed by atoms with Crippen molar-refractivity contribution in [2.75, 3.05) is 0 Å². The molecule has 0 amide bonds. The molecule has 2 nitrogen and oxygen atoms in total. The first-order chi connectivity index (χ1) is 8.41. The van der Waals surface area contributed by atoms with Gasteiger partial charge in [-0.1, -0.05) is 18.6 Å². The second-order valence-corrected chi connectivity index (χ2v) is 5.28. The van der Waals surface area contributed by atoms with E-state index in [-0.39, 0.29) is 35.4 Å². The van der Waals surface area contributed by atoms with E-state index in [1.807, 2.05) is 27.7 Å². The lowest BCUT2D eigenvalue weighted by molar-refractivity contribution is 0.0490. The standard InChI is InChI=1S/C15H19FO2/c1-8-5-6-13(16)12(7-8)15(17)14-9(2)10(3)18-11(14)4/h5-7,9-11,14H,1-4H3. The van der Waals surface area contributed by atoms with Crippen molar-refractivity contribution < 1.29 is 13.9 Å². The van der Waals surface area contributed by atoms with E-state index in [1.165, 1.54) is 6.07 Å². The largest absolute Gasteiger partial charge is 0.374 e. The van der Waals surface area contributed by atoms with Crippen LogP contribution in [0.15, 0.2) is 18.2 Å². The summed E-state index contributed by atoms with van der Waals surface area (Å²) < 4.78 is 19.4. The molecular weight excluding hydrogens is 231 g/mol. The van der Waals surface area contributed by atoms with Gasteiger partial charge in [0.15, 0.2) is 5.78 Å². The molecule has 18 heavy (non-hydrogen) atoms. The van der Waals surface area contributed by atoms with Crippen LogP contribution in [0, 0.1) is 24.6 Å². The molecule has 0 aliphatic carbocycles. The molecule has 1 saturated heterocycles. The van der Waals surface area contributed by atoms with Gasteiger partial charge in [0.05, 0.1) is 23.7 Å². The average Bonchev–Trinajstić information content (AvgIpc) is 2.56. The maximum Gasteiger partial charge on any atom is 0.171 e. The van der Waals surface area contributed by atoms with Gasteiger partial charge in [-0.05, 0) is 38.8 Å². The highest BCUT2D eigenvalue weighted by Gasteiger charge is 2.42. The van der Waals surface area contributed by atoms with Crippen LogP contribution in [0.5, 0.6) is 0 Å². The van der Waals surface area contributed by atoms with E-state index in [4.69, 9.17) is 4.74 Å². The summed E-state index contributed by atoms with van der Waals surface area (Å²) in [6.07, 6.45) is -0.107. The van der Waals surface area contributed by atoms with Crippen molar-refractivity contribution >= 4 is 5.78 Å². The number of carbonyl (C=O) groups is 1. The lowest BCUT2D eigenvalue weighted by Gasteiger charge is -2.17. The minimum Gasteiger partial charge on any atom is -0.374 e. The van der Waals surface area contributed by atoms with Gasteiger partial charge in [-0.3, -0.25) is 4.79 Å². The lowest BCUT2D eigenvalue weighted by atomic mass is 9.83. The highest BCUT2D eigenvalue weighted by Crippen LogP contribution is 2.35. The van der Waals surface area contributed by atoms with Gasteiger partial charge < -0.3 is 4.74 Å². The third-order valence-electron chi connectivity index (χ3n) is 3.93. The fourth-order valence-corrected chi connectivity index (χ4v) is 2.73. The first-order valence-electron chi connectivity index (χ1n) is 6.37. The Morgan fingerprint density at radius 3 is 2.44 bits per heavy atom. The van der Waals surface area contributed by atoms with E-state index in [9.17, 15) is 9.18 Å². The monoisotopic (exact) mass is 250 g/mol. The third kappa shape index (κ3) is 2.19. The van der Waals surface area contributed by atoms with Gasteiger partial charge in [-0.2, -0.15) is 0 Å². The summed E-state index contributed by atoms with van der Waals surface area (Å²) in [5.41, 5.74) is 1.09. The zero-order valence-electron chi connectivity index (χ0n) is 11.2. The maximum atomic E-state index is 13.8. The van der Waals surface area contributed by atoms with Crippen molar-refractivity contribution in [3.05, 3.63) is 35.1 Å². The van der Waals surface area contributed by atoms with E-state index in [0.717, 1.165) is 5.56 Å². The van der Waals surface area contributed by atoms with Crippen LogP contribution >= 0.6 is 0 Å². The Labute approximate surface area is 107 Å². The molecule has 1 aliphatic heterocycles. The zero-order chi connectivity index (χ0) is 13.4. The van der Waals surface area contributed by atoms with Gasteiger partial charge >= 0.3 is 0 Å². The fourth-order valence-electron chi connectivity index (χ4n) is 2.73. The van der Waals surface area contributed by atoms with Gasteiger partial charge in [0.25, 0.3) is 0 Å². The zero-order valence-corrected chi connectivity index (χ0v) is 11.2. The summed E-state index contributed by atoms with van der Waals surface area (Å²) >= 11 is 0. The summed E-state index contributed by atoms with van der Waals surface area (Å²) in [6, 6.07) is 4.66. The smallest absolute Gasteiger partial charge is 0.171 e. The van der Waals surface area contributed by atoms with Crippen LogP contribution in [-0.4, -0.2) is 18.0 Å². The van der Waals surface area contributed by atoms with E-state index in [2.05, 4.69) is 0 Å². The Hall–Kier alpha value is -1.22. The molecular formula is C15H19FO2.